The highest BCUT2D eigenvalue weighted by Gasteiger charge is 2.39. The molecule has 3 aliphatic rings. The highest BCUT2D eigenvalue weighted by atomic mass is 35.5. The zero-order valence-corrected chi connectivity index (χ0v) is 16.5. The van der Waals surface area contributed by atoms with Crippen LogP contribution in [0.2, 0.25) is 5.02 Å². The van der Waals surface area contributed by atoms with Gasteiger partial charge in [-0.05, 0) is 66.5 Å². The summed E-state index contributed by atoms with van der Waals surface area (Å²) < 4.78 is 6.02. The monoisotopic (exact) mass is 397 g/mol. The Morgan fingerprint density at radius 2 is 1.96 bits per heavy atom. The van der Waals surface area contributed by atoms with Gasteiger partial charge in [0.15, 0.2) is 0 Å². The van der Waals surface area contributed by atoms with Crippen LogP contribution in [0, 0.1) is 5.92 Å². The molecule has 0 spiro atoms. The number of hydrogen-bond donors (Lipinski definition) is 1. The van der Waals surface area contributed by atoms with Crippen molar-refractivity contribution in [2.24, 2.45) is 5.92 Å². The second-order valence-corrected chi connectivity index (χ2v) is 8.73. The minimum Gasteiger partial charge on any atom is -0.489 e. The van der Waals surface area contributed by atoms with Gasteiger partial charge in [-0.25, -0.2) is 0 Å². The normalized spacial score (nSPS) is 22.0. The van der Waals surface area contributed by atoms with Crippen molar-refractivity contribution in [2.45, 2.75) is 44.2 Å². The number of benzene rings is 2. The summed E-state index contributed by atoms with van der Waals surface area (Å²) in [6.07, 6.45) is 4.62. The van der Waals surface area contributed by atoms with Gasteiger partial charge in [0.1, 0.15) is 12.4 Å². The topological polar surface area (TPSA) is 49.8 Å². The van der Waals surface area contributed by atoms with Crippen molar-refractivity contribution in [3.8, 4) is 5.75 Å². The molecule has 2 aromatic rings. The number of aliphatic carboxylic acids is 1. The van der Waals surface area contributed by atoms with Crippen LogP contribution in [0.5, 0.6) is 5.75 Å². The van der Waals surface area contributed by atoms with E-state index in [-0.39, 0.29) is 5.92 Å². The summed E-state index contributed by atoms with van der Waals surface area (Å²) >= 11 is 6.44. The molecular weight excluding hydrogens is 374 g/mol. The molecule has 2 aliphatic carbocycles. The van der Waals surface area contributed by atoms with Gasteiger partial charge in [-0.15, -0.1) is 0 Å². The summed E-state index contributed by atoms with van der Waals surface area (Å²) in [6, 6.07) is 13.0. The first-order chi connectivity index (χ1) is 13.6. The fraction of sp³-hybridized carbons (Fsp3) is 0.435. The standard InChI is InChI=1S/C23H24ClNO3/c24-21-10-15(14-1-2-14)3-4-17(21)13-28-19-6-7-20-16(9-19)5-8-22(20)25-11-18(12-25)23(26)27/h3-4,6-7,9-10,14,18,22H,1-2,5,8,11-13H2,(H,26,27). The lowest BCUT2D eigenvalue weighted by Crippen LogP contribution is -2.51. The molecular formula is C23H24ClNO3. The summed E-state index contributed by atoms with van der Waals surface area (Å²) in [5.74, 6) is 0.688. The Balaban J connectivity index is 1.23. The van der Waals surface area contributed by atoms with Gasteiger partial charge >= 0.3 is 5.97 Å². The van der Waals surface area contributed by atoms with Crippen molar-refractivity contribution in [1.29, 1.82) is 0 Å². The molecule has 146 valence electrons. The number of halogens is 1. The minimum atomic E-state index is -0.679. The number of carboxylic acid groups (broad SMARTS) is 1. The molecule has 4 nitrogen and oxygen atoms in total. The molecule has 0 radical (unpaired) electrons. The molecule has 1 N–H and O–H groups in total. The zero-order chi connectivity index (χ0) is 19.3. The largest absolute Gasteiger partial charge is 0.489 e. The lowest BCUT2D eigenvalue weighted by Gasteiger charge is -2.41. The van der Waals surface area contributed by atoms with Crippen molar-refractivity contribution < 1.29 is 14.6 Å². The maximum Gasteiger partial charge on any atom is 0.309 e. The van der Waals surface area contributed by atoms with Crippen molar-refractivity contribution in [3.63, 3.8) is 0 Å². The molecule has 1 saturated heterocycles. The van der Waals surface area contributed by atoms with Crippen LogP contribution in [0.25, 0.3) is 0 Å². The molecule has 1 heterocycles. The van der Waals surface area contributed by atoms with Crippen molar-refractivity contribution in [1.82, 2.24) is 4.90 Å². The number of rotatable bonds is 6. The third kappa shape index (κ3) is 3.40. The van der Waals surface area contributed by atoms with Crippen molar-refractivity contribution in [3.05, 3.63) is 63.7 Å². The molecule has 2 aromatic carbocycles. The number of hydrogen-bond acceptors (Lipinski definition) is 3. The van der Waals surface area contributed by atoms with E-state index in [1.807, 2.05) is 6.07 Å². The SMILES string of the molecule is O=C(O)C1CN(C2CCc3cc(OCc4ccc(C5CC5)cc4Cl)ccc32)C1. The number of carboxylic acids is 1. The van der Waals surface area contributed by atoms with E-state index < -0.39 is 5.97 Å². The van der Waals surface area contributed by atoms with Crippen LogP contribution < -0.4 is 4.74 Å². The lowest BCUT2D eigenvalue weighted by atomic mass is 9.95. The predicted molar refractivity (Wildman–Crippen MR) is 108 cm³/mol. The number of nitrogens with zero attached hydrogens (tertiary/aromatic N) is 1. The van der Waals surface area contributed by atoms with E-state index in [0.29, 0.717) is 31.7 Å². The fourth-order valence-electron chi connectivity index (χ4n) is 4.48. The molecule has 0 aromatic heterocycles. The second kappa shape index (κ2) is 7.09. The van der Waals surface area contributed by atoms with Gasteiger partial charge in [0, 0.05) is 29.7 Å². The van der Waals surface area contributed by atoms with Gasteiger partial charge < -0.3 is 9.84 Å². The molecule has 28 heavy (non-hydrogen) atoms. The van der Waals surface area contributed by atoms with E-state index in [4.69, 9.17) is 21.4 Å². The predicted octanol–water partition coefficient (Wildman–Crippen LogP) is 4.80. The molecule has 0 amide bonds. The quantitative estimate of drug-likeness (QED) is 0.760. The van der Waals surface area contributed by atoms with Crippen molar-refractivity contribution in [2.75, 3.05) is 13.1 Å². The molecule has 1 unspecified atom stereocenters. The van der Waals surface area contributed by atoms with Gasteiger partial charge in [0.2, 0.25) is 0 Å². The molecule has 5 heteroatoms. The first-order valence-electron chi connectivity index (χ1n) is 10.1. The van der Waals surface area contributed by atoms with E-state index in [1.54, 1.807) is 0 Å². The van der Waals surface area contributed by atoms with Gasteiger partial charge in [-0.2, -0.15) is 0 Å². The van der Waals surface area contributed by atoms with E-state index in [0.717, 1.165) is 29.2 Å². The van der Waals surface area contributed by atoms with E-state index >= 15 is 0 Å². The summed E-state index contributed by atoms with van der Waals surface area (Å²) in [5, 5.41) is 9.88. The molecule has 2 fully saturated rings. The molecule has 1 saturated carbocycles. The maximum absolute atomic E-state index is 11.0. The highest BCUT2D eigenvalue weighted by Crippen LogP contribution is 2.42. The Labute approximate surface area is 170 Å². The minimum absolute atomic E-state index is 0.206. The smallest absolute Gasteiger partial charge is 0.309 e. The van der Waals surface area contributed by atoms with E-state index in [9.17, 15) is 4.79 Å². The first kappa shape index (κ1) is 18.0. The Hall–Kier alpha value is -2.04. The average molecular weight is 398 g/mol. The van der Waals surface area contributed by atoms with Gasteiger partial charge in [0.05, 0.1) is 5.92 Å². The highest BCUT2D eigenvalue weighted by molar-refractivity contribution is 6.31. The van der Waals surface area contributed by atoms with Gasteiger partial charge in [-0.3, -0.25) is 9.69 Å². The number of fused-ring (bicyclic) bond motifs is 1. The van der Waals surface area contributed by atoms with E-state index in [1.165, 1.54) is 29.5 Å². The van der Waals surface area contributed by atoms with Crippen LogP contribution in [0.4, 0.5) is 0 Å². The van der Waals surface area contributed by atoms with Crippen LogP contribution in [0.1, 0.15) is 53.5 Å². The summed E-state index contributed by atoms with van der Waals surface area (Å²) in [4.78, 5) is 13.3. The van der Waals surface area contributed by atoms with Crippen molar-refractivity contribution >= 4 is 17.6 Å². The number of carbonyl (C=O) groups is 1. The number of likely N-dealkylation sites (tertiary alicyclic amines) is 1. The maximum atomic E-state index is 11.0. The molecule has 0 bridgehead atoms. The Kier molecular flexibility index (Phi) is 4.56. The van der Waals surface area contributed by atoms with E-state index in [2.05, 4.69) is 35.2 Å². The summed E-state index contributed by atoms with van der Waals surface area (Å²) in [5.41, 5.74) is 5.00. The Morgan fingerprint density at radius 1 is 1.14 bits per heavy atom. The van der Waals surface area contributed by atoms with Crippen LogP contribution in [0.3, 0.4) is 0 Å². The first-order valence-corrected chi connectivity index (χ1v) is 10.5. The molecule has 5 rings (SSSR count). The van der Waals surface area contributed by atoms with Crippen LogP contribution in [-0.2, 0) is 17.8 Å². The fourth-order valence-corrected chi connectivity index (χ4v) is 4.72. The molecule has 1 aliphatic heterocycles. The summed E-state index contributed by atoms with van der Waals surface area (Å²) in [6.45, 7) is 1.79. The third-order valence-electron chi connectivity index (χ3n) is 6.38. The van der Waals surface area contributed by atoms with Gasteiger partial charge in [0.25, 0.3) is 0 Å². The van der Waals surface area contributed by atoms with Crippen LogP contribution >= 0.6 is 11.6 Å². The zero-order valence-electron chi connectivity index (χ0n) is 15.7. The lowest BCUT2D eigenvalue weighted by molar-refractivity contribution is -0.148. The Morgan fingerprint density at radius 3 is 2.68 bits per heavy atom. The number of aryl methyl sites for hydroxylation is 1. The average Bonchev–Trinajstić information content (AvgIpc) is 3.41. The Bertz CT molecular complexity index is 918. The van der Waals surface area contributed by atoms with Crippen LogP contribution in [-0.4, -0.2) is 29.1 Å². The third-order valence-corrected chi connectivity index (χ3v) is 6.73. The van der Waals surface area contributed by atoms with Gasteiger partial charge in [-0.1, -0.05) is 29.8 Å². The molecule has 1 atom stereocenters. The summed E-state index contributed by atoms with van der Waals surface area (Å²) in [7, 11) is 0. The van der Waals surface area contributed by atoms with Crippen LogP contribution in [0.15, 0.2) is 36.4 Å². The number of ether oxygens (including phenoxy) is 1. The second-order valence-electron chi connectivity index (χ2n) is 8.32.